The van der Waals surface area contributed by atoms with E-state index in [1.165, 1.54) is 12.1 Å². The van der Waals surface area contributed by atoms with Crippen LogP contribution in [0.1, 0.15) is 0 Å². The predicted octanol–water partition coefficient (Wildman–Crippen LogP) is 2.27. The van der Waals surface area contributed by atoms with Gasteiger partial charge in [0.1, 0.15) is 6.61 Å². The maximum atomic E-state index is 13.2. The summed E-state index contributed by atoms with van der Waals surface area (Å²) in [5.74, 6) is -2.14. The van der Waals surface area contributed by atoms with Crippen molar-refractivity contribution in [3.63, 3.8) is 0 Å². The monoisotopic (exact) mass is 279 g/mol. The standard InChI is InChI=1S/C12H13F4NO2/c13-9-2-1-3-10(11(9)14)18-5-4-17-6-8(7-17)19-12(15)16/h1-3,8,12H,4-7H2. The van der Waals surface area contributed by atoms with Gasteiger partial charge in [-0.05, 0) is 12.1 Å². The molecule has 0 N–H and O–H groups in total. The van der Waals surface area contributed by atoms with Gasteiger partial charge in [-0.2, -0.15) is 13.2 Å². The first kappa shape index (κ1) is 14.1. The Hall–Kier alpha value is -1.34. The summed E-state index contributed by atoms with van der Waals surface area (Å²) >= 11 is 0. The second-order valence-electron chi connectivity index (χ2n) is 4.18. The number of likely N-dealkylation sites (tertiary alicyclic amines) is 1. The lowest BCUT2D eigenvalue weighted by Gasteiger charge is -2.38. The van der Waals surface area contributed by atoms with E-state index in [0.29, 0.717) is 19.6 Å². The van der Waals surface area contributed by atoms with E-state index in [4.69, 9.17) is 4.74 Å². The smallest absolute Gasteiger partial charge is 0.345 e. The zero-order valence-electron chi connectivity index (χ0n) is 9.99. The summed E-state index contributed by atoms with van der Waals surface area (Å²) in [6, 6.07) is 3.69. The molecule has 106 valence electrons. The van der Waals surface area contributed by atoms with E-state index in [2.05, 4.69) is 4.74 Å². The maximum absolute atomic E-state index is 13.2. The van der Waals surface area contributed by atoms with Crippen LogP contribution in [0.15, 0.2) is 18.2 Å². The third-order valence-electron chi connectivity index (χ3n) is 2.80. The van der Waals surface area contributed by atoms with Gasteiger partial charge >= 0.3 is 6.61 Å². The van der Waals surface area contributed by atoms with Crippen molar-refractivity contribution in [1.29, 1.82) is 0 Å². The second-order valence-corrected chi connectivity index (χ2v) is 4.18. The molecule has 1 heterocycles. The lowest BCUT2D eigenvalue weighted by Crippen LogP contribution is -2.53. The van der Waals surface area contributed by atoms with Gasteiger partial charge in [0.15, 0.2) is 11.6 Å². The first-order chi connectivity index (χ1) is 9.06. The second kappa shape index (κ2) is 6.21. The number of rotatable bonds is 6. The zero-order chi connectivity index (χ0) is 13.8. The number of nitrogens with zero attached hydrogens (tertiary/aromatic N) is 1. The van der Waals surface area contributed by atoms with E-state index in [9.17, 15) is 17.6 Å². The number of hydrogen-bond donors (Lipinski definition) is 0. The molecule has 0 aromatic heterocycles. The highest BCUT2D eigenvalue weighted by molar-refractivity contribution is 5.24. The van der Waals surface area contributed by atoms with Crippen LogP contribution in [0.5, 0.6) is 5.75 Å². The van der Waals surface area contributed by atoms with Gasteiger partial charge in [0.05, 0.1) is 6.10 Å². The fraction of sp³-hybridized carbons (Fsp3) is 0.500. The Bertz CT molecular complexity index is 424. The quantitative estimate of drug-likeness (QED) is 0.746. The van der Waals surface area contributed by atoms with Crippen molar-refractivity contribution in [2.75, 3.05) is 26.2 Å². The van der Waals surface area contributed by atoms with Crippen molar-refractivity contribution in [3.05, 3.63) is 29.8 Å². The summed E-state index contributed by atoms with van der Waals surface area (Å²) in [6.45, 7) is -1.38. The van der Waals surface area contributed by atoms with Crippen LogP contribution in [0.4, 0.5) is 17.6 Å². The van der Waals surface area contributed by atoms with Crippen LogP contribution in [0, 0.1) is 11.6 Å². The van der Waals surface area contributed by atoms with Crippen molar-refractivity contribution in [3.8, 4) is 5.75 Å². The van der Waals surface area contributed by atoms with E-state index in [0.717, 1.165) is 6.07 Å². The molecule has 0 atom stereocenters. The molecule has 0 spiro atoms. The van der Waals surface area contributed by atoms with Crippen LogP contribution >= 0.6 is 0 Å². The summed E-state index contributed by atoms with van der Waals surface area (Å²) in [4.78, 5) is 1.82. The predicted molar refractivity (Wildman–Crippen MR) is 59.2 cm³/mol. The van der Waals surface area contributed by atoms with Gasteiger partial charge in [-0.1, -0.05) is 6.07 Å². The molecule has 0 radical (unpaired) electrons. The van der Waals surface area contributed by atoms with Gasteiger partial charge in [-0.25, -0.2) is 4.39 Å². The van der Waals surface area contributed by atoms with Crippen LogP contribution in [0.3, 0.4) is 0 Å². The van der Waals surface area contributed by atoms with Crippen LogP contribution < -0.4 is 4.74 Å². The van der Waals surface area contributed by atoms with Crippen molar-refractivity contribution in [2.24, 2.45) is 0 Å². The Morgan fingerprint density at radius 2 is 2.00 bits per heavy atom. The van der Waals surface area contributed by atoms with Crippen LogP contribution in [0.2, 0.25) is 0 Å². The van der Waals surface area contributed by atoms with E-state index in [-0.39, 0.29) is 12.4 Å². The molecular formula is C12H13F4NO2. The van der Waals surface area contributed by atoms with Gasteiger partial charge in [-0.15, -0.1) is 0 Å². The van der Waals surface area contributed by atoms with Crippen molar-refractivity contribution in [1.82, 2.24) is 4.90 Å². The highest BCUT2D eigenvalue weighted by Crippen LogP contribution is 2.19. The highest BCUT2D eigenvalue weighted by atomic mass is 19.3. The normalized spacial score (nSPS) is 16.7. The molecule has 19 heavy (non-hydrogen) atoms. The number of halogens is 4. The van der Waals surface area contributed by atoms with E-state index >= 15 is 0 Å². The fourth-order valence-electron chi connectivity index (χ4n) is 1.82. The maximum Gasteiger partial charge on any atom is 0.345 e. The van der Waals surface area contributed by atoms with Crippen LogP contribution in [0.25, 0.3) is 0 Å². The Morgan fingerprint density at radius 3 is 2.68 bits per heavy atom. The number of hydrogen-bond acceptors (Lipinski definition) is 3. The van der Waals surface area contributed by atoms with E-state index < -0.39 is 24.3 Å². The fourth-order valence-corrected chi connectivity index (χ4v) is 1.82. The minimum atomic E-state index is -2.76. The molecule has 0 amide bonds. The SMILES string of the molecule is Fc1cccc(OCCN2CC(OC(F)F)C2)c1F. The molecule has 1 aliphatic heterocycles. The topological polar surface area (TPSA) is 21.7 Å². The molecule has 0 bridgehead atoms. The third kappa shape index (κ3) is 3.81. The molecule has 1 aliphatic rings. The highest BCUT2D eigenvalue weighted by Gasteiger charge is 2.29. The largest absolute Gasteiger partial charge is 0.489 e. The average molecular weight is 279 g/mol. The Balaban J connectivity index is 1.67. The molecule has 1 aromatic carbocycles. The summed E-state index contributed by atoms with van der Waals surface area (Å²) in [6.07, 6.45) is -0.467. The Labute approximate surface area is 107 Å². The third-order valence-corrected chi connectivity index (χ3v) is 2.80. The molecule has 1 saturated heterocycles. The van der Waals surface area contributed by atoms with Crippen molar-refractivity contribution in [2.45, 2.75) is 12.7 Å². The number of ether oxygens (including phenoxy) is 2. The van der Waals surface area contributed by atoms with E-state index in [1.807, 2.05) is 4.90 Å². The Morgan fingerprint density at radius 1 is 1.26 bits per heavy atom. The minimum Gasteiger partial charge on any atom is -0.489 e. The van der Waals surface area contributed by atoms with Crippen LogP contribution in [-0.4, -0.2) is 43.9 Å². The average Bonchev–Trinajstić information content (AvgIpc) is 2.30. The summed E-state index contributed by atoms with van der Waals surface area (Å²) < 4.78 is 59.2. The summed E-state index contributed by atoms with van der Waals surface area (Å²) in [5, 5.41) is 0. The first-order valence-electron chi connectivity index (χ1n) is 5.79. The lowest BCUT2D eigenvalue weighted by atomic mass is 10.2. The van der Waals surface area contributed by atoms with Gasteiger partial charge in [0.25, 0.3) is 0 Å². The molecule has 2 rings (SSSR count). The number of alkyl halides is 2. The molecule has 0 unspecified atom stereocenters. The summed E-state index contributed by atoms with van der Waals surface area (Å²) in [7, 11) is 0. The molecular weight excluding hydrogens is 266 g/mol. The van der Waals surface area contributed by atoms with Gasteiger partial charge in [0, 0.05) is 19.6 Å². The number of benzene rings is 1. The van der Waals surface area contributed by atoms with Gasteiger partial charge in [0.2, 0.25) is 5.82 Å². The lowest BCUT2D eigenvalue weighted by molar-refractivity contribution is -0.196. The molecule has 1 fully saturated rings. The molecule has 1 aromatic rings. The van der Waals surface area contributed by atoms with Gasteiger partial charge < -0.3 is 9.47 Å². The van der Waals surface area contributed by atoms with Crippen LogP contribution in [-0.2, 0) is 4.74 Å². The molecule has 3 nitrogen and oxygen atoms in total. The van der Waals surface area contributed by atoms with E-state index in [1.54, 1.807) is 0 Å². The minimum absolute atomic E-state index is 0.152. The molecule has 0 saturated carbocycles. The summed E-state index contributed by atoms with van der Waals surface area (Å²) in [5.41, 5.74) is 0. The zero-order valence-corrected chi connectivity index (χ0v) is 9.99. The Kier molecular flexibility index (Phi) is 4.60. The first-order valence-corrected chi connectivity index (χ1v) is 5.79. The van der Waals surface area contributed by atoms with Crippen molar-refractivity contribution < 1.29 is 27.0 Å². The molecule has 7 heteroatoms. The van der Waals surface area contributed by atoms with Crippen molar-refractivity contribution >= 4 is 0 Å². The van der Waals surface area contributed by atoms with Gasteiger partial charge in [-0.3, -0.25) is 4.90 Å². The molecule has 0 aliphatic carbocycles.